The van der Waals surface area contributed by atoms with Gasteiger partial charge < -0.3 is 103 Å². The maximum Gasteiger partial charge on any atom is 0.144 e. The molecular formula is C65H114N15O5+5. The van der Waals surface area contributed by atoms with E-state index in [-0.39, 0.29) is 0 Å². The molecule has 0 saturated carbocycles. The molecule has 85 heavy (non-hydrogen) atoms. The van der Waals surface area contributed by atoms with Crippen LogP contribution in [0.5, 0.6) is 28.7 Å². The smallest absolute Gasteiger partial charge is 0.144 e. The van der Waals surface area contributed by atoms with E-state index in [1.807, 2.05) is 0 Å². The molecule has 3 aliphatic heterocycles. The van der Waals surface area contributed by atoms with Gasteiger partial charge in [0.1, 0.15) is 68.2 Å². The first-order chi connectivity index (χ1) is 40.0. The lowest BCUT2D eigenvalue weighted by Gasteiger charge is -2.37. The molecule has 20 heteroatoms. The van der Waals surface area contributed by atoms with Crippen LogP contribution in [0.2, 0.25) is 0 Å². The lowest BCUT2D eigenvalue weighted by atomic mass is 10.1. The first kappa shape index (κ1) is 70.4. The van der Waals surface area contributed by atoms with E-state index in [2.05, 4.69) is 63.4 Å². The minimum absolute atomic E-state index is 0.630. The van der Waals surface area contributed by atoms with Crippen molar-refractivity contribution < 1.29 is 46.1 Å². The van der Waals surface area contributed by atoms with Gasteiger partial charge in [-0.25, -0.2) is 0 Å². The highest BCUT2D eigenvalue weighted by Crippen LogP contribution is 2.29. The molecule has 3 heterocycles. The van der Waals surface area contributed by atoms with Crippen molar-refractivity contribution in [3.63, 3.8) is 0 Å². The molecule has 474 valence electrons. The third kappa shape index (κ3) is 28.1. The maximum atomic E-state index is 5.86. The van der Waals surface area contributed by atoms with Gasteiger partial charge in [-0.15, -0.1) is 0 Å². The number of anilines is 10. The van der Waals surface area contributed by atoms with E-state index in [1.54, 1.807) is 91.0 Å². The third-order valence-corrected chi connectivity index (χ3v) is 15.8. The Morgan fingerprint density at radius 1 is 0.306 bits per heavy atom. The van der Waals surface area contributed by atoms with Crippen LogP contribution in [0.4, 0.5) is 56.9 Å². The Kier molecular flexibility index (Phi) is 28.3. The van der Waals surface area contributed by atoms with E-state index >= 15 is 0 Å². The zero-order chi connectivity index (χ0) is 62.7. The highest BCUT2D eigenvalue weighted by Gasteiger charge is 2.27. The van der Waals surface area contributed by atoms with Gasteiger partial charge in [0, 0.05) is 84.5 Å². The number of nitrogens with two attached hydrogens (primary N) is 10. The molecule has 3 fully saturated rings. The van der Waals surface area contributed by atoms with Crippen molar-refractivity contribution in [3.8, 4) is 28.7 Å². The topological polar surface area (TPSA) is 306 Å². The molecule has 0 aromatic heterocycles. The second-order valence-corrected chi connectivity index (χ2v) is 26.2. The average Bonchev–Trinajstić information content (AvgIpc) is 3.95. The second-order valence-electron chi connectivity index (χ2n) is 26.2. The van der Waals surface area contributed by atoms with E-state index in [1.165, 1.54) is 102 Å². The van der Waals surface area contributed by atoms with Crippen LogP contribution in [0.1, 0.15) is 64.2 Å². The van der Waals surface area contributed by atoms with Crippen LogP contribution in [0.25, 0.3) is 0 Å². The van der Waals surface area contributed by atoms with Crippen LogP contribution in [-0.4, -0.2) is 191 Å². The van der Waals surface area contributed by atoms with Gasteiger partial charge in [-0.05, 0) is 99.2 Å². The summed E-state index contributed by atoms with van der Waals surface area (Å²) in [5.74, 6) is 3.47. The monoisotopic (exact) mass is 1180 g/mol. The molecule has 8 rings (SSSR count). The van der Waals surface area contributed by atoms with Gasteiger partial charge in [0.15, 0.2) is 0 Å². The van der Waals surface area contributed by atoms with Crippen LogP contribution in [0.3, 0.4) is 0 Å². The van der Waals surface area contributed by atoms with E-state index in [0.717, 1.165) is 57.0 Å². The molecule has 5 aromatic rings. The fourth-order valence-corrected chi connectivity index (χ4v) is 10.2. The number of piperidine rings is 2. The van der Waals surface area contributed by atoms with Crippen LogP contribution in [0.15, 0.2) is 91.0 Å². The van der Waals surface area contributed by atoms with E-state index in [9.17, 15) is 0 Å². The molecule has 0 amide bonds. The van der Waals surface area contributed by atoms with Crippen molar-refractivity contribution in [2.45, 2.75) is 64.2 Å². The Morgan fingerprint density at radius 2 is 0.553 bits per heavy atom. The number of likely N-dealkylation sites (N-methyl/N-ethyl adjacent to an activating group) is 3. The predicted octanol–water partition coefficient (Wildman–Crippen LogP) is 7.84. The zero-order valence-electron chi connectivity index (χ0n) is 53.6. The predicted molar refractivity (Wildman–Crippen MR) is 358 cm³/mol. The van der Waals surface area contributed by atoms with Crippen LogP contribution < -0.4 is 81.0 Å². The SMILES string of the molecule is C[N+](C)(C)CCCOc1cc(N)ccc1N.C[N+](C)(C)CCOc1cc(N)ccc1N.C[N+]1(CCCOc2cc(N)ccc2N)CCCCC1.C[N+]1(CCOc2cc(N)ccc2N)CCCC1.C[N+]1(CCOc2cc(N)ccc2N)CCCCC1. The Labute approximate surface area is 510 Å². The fraction of sp³-hybridized carbons (Fsp3) is 0.538. The van der Waals surface area contributed by atoms with Crippen LogP contribution >= 0.6 is 0 Å². The number of rotatable bonds is 22. The average molecular weight is 1190 g/mol. The van der Waals surface area contributed by atoms with Crippen molar-refractivity contribution >= 4 is 56.9 Å². The normalized spacial score (nSPS) is 15.8. The summed E-state index contributed by atoms with van der Waals surface area (Å²) in [6, 6.07) is 26.7. The van der Waals surface area contributed by atoms with Crippen molar-refractivity contribution in [2.75, 3.05) is 226 Å². The molecule has 3 saturated heterocycles. The van der Waals surface area contributed by atoms with Crippen molar-refractivity contribution in [1.82, 2.24) is 0 Å². The summed E-state index contributed by atoms with van der Waals surface area (Å²) >= 11 is 0. The minimum atomic E-state index is 0.630. The van der Waals surface area contributed by atoms with Gasteiger partial charge in [0.25, 0.3) is 0 Å². The molecule has 0 atom stereocenters. The summed E-state index contributed by atoms with van der Waals surface area (Å²) in [5.41, 5.74) is 64.2. The van der Waals surface area contributed by atoms with Crippen LogP contribution in [-0.2, 0) is 0 Å². The summed E-state index contributed by atoms with van der Waals surface area (Å²) in [6.45, 7) is 16.3. The molecule has 0 radical (unpaired) electrons. The Balaban J connectivity index is 0.000000228. The summed E-state index contributed by atoms with van der Waals surface area (Å²) in [6.07, 6.45) is 12.9. The van der Waals surface area contributed by atoms with Crippen molar-refractivity contribution in [1.29, 1.82) is 0 Å². The van der Waals surface area contributed by atoms with Crippen LogP contribution in [0, 0.1) is 0 Å². The third-order valence-electron chi connectivity index (χ3n) is 15.8. The number of ether oxygens (including phenoxy) is 5. The van der Waals surface area contributed by atoms with E-state index in [0.29, 0.717) is 119 Å². The highest BCUT2D eigenvalue weighted by atomic mass is 16.5. The Hall–Kier alpha value is -7.10. The molecule has 0 unspecified atom stereocenters. The lowest BCUT2D eigenvalue weighted by Crippen LogP contribution is -2.50. The number of benzene rings is 5. The molecule has 0 spiro atoms. The summed E-state index contributed by atoms with van der Waals surface area (Å²) in [5, 5.41) is 0. The van der Waals surface area contributed by atoms with Gasteiger partial charge in [-0.2, -0.15) is 0 Å². The Bertz CT molecular complexity index is 2730. The van der Waals surface area contributed by atoms with Gasteiger partial charge in [0.05, 0.1) is 157 Å². The molecular weight excluding hydrogens is 1070 g/mol. The quantitative estimate of drug-likeness (QED) is 0.0179. The molecule has 0 bridgehead atoms. The number of hydrogen-bond acceptors (Lipinski definition) is 15. The number of quaternary nitrogens is 5. The maximum absolute atomic E-state index is 5.86. The molecule has 20 nitrogen and oxygen atoms in total. The van der Waals surface area contributed by atoms with Gasteiger partial charge in [-0.3, -0.25) is 0 Å². The molecule has 20 N–H and O–H groups in total. The fourth-order valence-electron chi connectivity index (χ4n) is 10.2. The van der Waals surface area contributed by atoms with Gasteiger partial charge >= 0.3 is 0 Å². The first-order valence-electron chi connectivity index (χ1n) is 30.5. The molecule has 5 aromatic carbocycles. The summed E-state index contributed by atoms with van der Waals surface area (Å²) in [4.78, 5) is 0. The van der Waals surface area contributed by atoms with E-state index in [4.69, 9.17) is 81.0 Å². The molecule has 3 aliphatic rings. The van der Waals surface area contributed by atoms with Crippen molar-refractivity contribution in [2.24, 2.45) is 0 Å². The number of hydrogen-bond donors (Lipinski definition) is 10. The highest BCUT2D eigenvalue weighted by molar-refractivity contribution is 5.62. The van der Waals surface area contributed by atoms with Crippen molar-refractivity contribution in [3.05, 3.63) is 91.0 Å². The number of nitrogens with zero attached hydrogens (tertiary/aromatic N) is 5. The minimum Gasteiger partial charge on any atom is -0.491 e. The van der Waals surface area contributed by atoms with E-state index < -0.39 is 0 Å². The zero-order valence-corrected chi connectivity index (χ0v) is 53.6. The summed E-state index contributed by atoms with van der Waals surface area (Å²) < 4.78 is 33.6. The number of likely N-dealkylation sites (tertiary alicyclic amines) is 3. The second kappa shape index (κ2) is 34.1. The molecule has 0 aliphatic carbocycles. The lowest BCUT2D eigenvalue weighted by molar-refractivity contribution is -0.914. The first-order valence-corrected chi connectivity index (χ1v) is 30.5. The van der Waals surface area contributed by atoms with Gasteiger partial charge in [0.2, 0.25) is 0 Å². The standard InChI is InChI=1S/C15H26N3O.C14H24N3O.C13H22N3O.C12H22N3O.C11H20N3O/c1-18(8-3-2-4-9-18)10-5-11-19-15-12-13(16)6-7-14(15)17;1-17(7-3-2-4-8-17)9-10-18-14-11-12(15)5-6-13(14)16;1-16(6-2-3-7-16)8-9-17-13-10-11(14)4-5-12(13)15;1-15(2,3)7-4-8-16-12-9-10(13)5-6-11(12)14;1-14(2,3)6-7-15-11-8-9(12)4-5-10(11)13/h6-7,12H,2-5,8-11,16-17H2,1H3;5-6,11H,2-4,7-10,15-16H2,1H3;4-5,10H,2-3,6-9,14-15H2,1H3;5-6,9H,4,7-8,13-14H2,1-3H3;4-5,8H,6-7,12-13H2,1-3H3/q5*+1. The van der Waals surface area contributed by atoms with Gasteiger partial charge in [-0.1, -0.05) is 0 Å². The summed E-state index contributed by atoms with van der Waals surface area (Å²) in [7, 11) is 19.8. The Morgan fingerprint density at radius 3 is 0.847 bits per heavy atom. The largest absolute Gasteiger partial charge is 0.491 e. The number of nitrogen functional groups attached to an aromatic ring is 10.